The zero-order valence-electron chi connectivity index (χ0n) is 13.7. The van der Waals surface area contributed by atoms with Gasteiger partial charge in [0.25, 0.3) is 5.91 Å². The van der Waals surface area contributed by atoms with Gasteiger partial charge in [-0.3, -0.25) is 9.89 Å². The number of aromatic amines is 1. The number of carbonyl (C=O) groups excluding carboxylic acids is 1. The summed E-state index contributed by atoms with van der Waals surface area (Å²) in [5, 5.41) is 9.98. The molecule has 0 radical (unpaired) electrons. The summed E-state index contributed by atoms with van der Waals surface area (Å²) in [6, 6.07) is 17.1. The molecule has 1 atom stereocenters. The van der Waals surface area contributed by atoms with Gasteiger partial charge in [-0.1, -0.05) is 42.5 Å². The van der Waals surface area contributed by atoms with Crippen LogP contribution in [0.3, 0.4) is 0 Å². The summed E-state index contributed by atoms with van der Waals surface area (Å²) in [4.78, 5) is 12.6. The maximum atomic E-state index is 12.6. The lowest BCUT2D eigenvalue weighted by molar-refractivity contribution is -0.125. The number of H-pyrrole nitrogens is 1. The van der Waals surface area contributed by atoms with Crippen molar-refractivity contribution in [1.82, 2.24) is 10.2 Å². The van der Waals surface area contributed by atoms with Crippen molar-refractivity contribution in [1.29, 1.82) is 0 Å². The van der Waals surface area contributed by atoms with Crippen LogP contribution in [0.15, 0.2) is 54.6 Å². The summed E-state index contributed by atoms with van der Waals surface area (Å²) in [6.07, 6.45) is -0.726. The monoisotopic (exact) mass is 335 g/mol. The van der Waals surface area contributed by atoms with Crippen molar-refractivity contribution in [3.63, 3.8) is 0 Å². The minimum Gasteiger partial charge on any atom is -0.485 e. The molecule has 2 heterocycles. The van der Waals surface area contributed by atoms with Crippen molar-refractivity contribution in [2.24, 2.45) is 0 Å². The van der Waals surface area contributed by atoms with Crippen molar-refractivity contribution in [3.05, 3.63) is 60.3 Å². The normalized spacial score (nSPS) is 15.6. The summed E-state index contributed by atoms with van der Waals surface area (Å²) in [7, 11) is 0. The van der Waals surface area contributed by atoms with E-state index >= 15 is 0 Å². The van der Waals surface area contributed by atoms with Gasteiger partial charge in [-0.2, -0.15) is 5.10 Å². The molecule has 0 spiro atoms. The Hall–Kier alpha value is -3.28. The van der Waals surface area contributed by atoms with Crippen molar-refractivity contribution >= 4 is 11.7 Å². The van der Waals surface area contributed by atoms with Gasteiger partial charge in [0.2, 0.25) is 6.10 Å². The fourth-order valence-electron chi connectivity index (χ4n) is 2.82. The molecule has 3 aromatic rings. The zero-order valence-corrected chi connectivity index (χ0v) is 13.7. The Balaban J connectivity index is 1.55. The molecule has 4 rings (SSSR count). The van der Waals surface area contributed by atoms with E-state index in [1.807, 2.05) is 55.5 Å². The van der Waals surface area contributed by atoms with E-state index < -0.39 is 6.10 Å². The van der Waals surface area contributed by atoms with E-state index in [2.05, 4.69) is 15.5 Å². The Kier molecular flexibility index (Phi) is 3.85. The van der Waals surface area contributed by atoms with Crippen LogP contribution in [0.5, 0.6) is 11.5 Å². The molecule has 1 amide bonds. The van der Waals surface area contributed by atoms with Gasteiger partial charge in [0.05, 0.1) is 0 Å². The van der Waals surface area contributed by atoms with Gasteiger partial charge in [0.15, 0.2) is 17.3 Å². The number of aromatic nitrogens is 2. The van der Waals surface area contributed by atoms with Crippen LogP contribution in [0.25, 0.3) is 11.1 Å². The minimum absolute atomic E-state index is 0.160. The lowest BCUT2D eigenvalue weighted by Gasteiger charge is -2.25. The summed E-state index contributed by atoms with van der Waals surface area (Å²) in [6.45, 7) is 2.08. The third-order valence-corrected chi connectivity index (χ3v) is 4.05. The van der Waals surface area contributed by atoms with Crippen molar-refractivity contribution in [2.45, 2.75) is 13.0 Å². The van der Waals surface area contributed by atoms with Crippen LogP contribution in [0.2, 0.25) is 0 Å². The number of ether oxygens (including phenoxy) is 2. The molecule has 6 nitrogen and oxygen atoms in total. The largest absolute Gasteiger partial charge is 0.485 e. The number of benzene rings is 2. The Morgan fingerprint density at radius 1 is 1.12 bits per heavy atom. The van der Waals surface area contributed by atoms with Crippen LogP contribution in [-0.4, -0.2) is 28.8 Å². The van der Waals surface area contributed by atoms with Gasteiger partial charge in [0.1, 0.15) is 6.61 Å². The molecule has 1 aliphatic rings. The van der Waals surface area contributed by atoms with Crippen LogP contribution in [0.1, 0.15) is 5.69 Å². The number of hydrogen-bond acceptors (Lipinski definition) is 4. The highest BCUT2D eigenvalue weighted by atomic mass is 16.6. The highest BCUT2D eigenvalue weighted by Gasteiger charge is 2.28. The SMILES string of the molecule is Cc1[nH]nc(NC(=O)[C@H]2COc3ccccc3O2)c1-c1ccccc1. The number of nitrogens with zero attached hydrogens (tertiary/aromatic N) is 1. The third kappa shape index (κ3) is 2.94. The quantitative estimate of drug-likeness (QED) is 0.771. The fraction of sp³-hybridized carbons (Fsp3) is 0.158. The van der Waals surface area contributed by atoms with E-state index in [1.54, 1.807) is 6.07 Å². The first-order valence-corrected chi connectivity index (χ1v) is 8.02. The van der Waals surface area contributed by atoms with Crippen LogP contribution in [0.4, 0.5) is 5.82 Å². The number of rotatable bonds is 3. The number of hydrogen-bond donors (Lipinski definition) is 2. The molecular formula is C19H17N3O3. The number of amides is 1. The molecule has 6 heteroatoms. The standard InChI is InChI=1S/C19H17N3O3/c1-12-17(13-7-3-2-4-8-13)18(22-21-12)20-19(23)16-11-24-14-9-5-6-10-15(14)25-16/h2-10,16H,11H2,1H3,(H2,20,21,22,23)/t16-/m1/s1. The van der Waals surface area contributed by atoms with Crippen molar-refractivity contribution in [2.75, 3.05) is 11.9 Å². The number of carbonyl (C=O) groups is 1. The summed E-state index contributed by atoms with van der Waals surface area (Å²) in [5.41, 5.74) is 2.73. The molecule has 0 aliphatic carbocycles. The van der Waals surface area contributed by atoms with Crippen molar-refractivity contribution < 1.29 is 14.3 Å². The van der Waals surface area contributed by atoms with E-state index in [4.69, 9.17) is 9.47 Å². The second-order valence-corrected chi connectivity index (χ2v) is 5.79. The second-order valence-electron chi connectivity index (χ2n) is 5.79. The van der Waals surface area contributed by atoms with Gasteiger partial charge >= 0.3 is 0 Å². The van der Waals surface area contributed by atoms with Gasteiger partial charge in [-0.25, -0.2) is 0 Å². The predicted molar refractivity (Wildman–Crippen MR) is 93.7 cm³/mol. The van der Waals surface area contributed by atoms with E-state index in [1.165, 1.54) is 0 Å². The van der Waals surface area contributed by atoms with Crippen LogP contribution in [-0.2, 0) is 4.79 Å². The average Bonchev–Trinajstić information content (AvgIpc) is 3.02. The first kappa shape index (κ1) is 15.3. The topological polar surface area (TPSA) is 76.2 Å². The summed E-state index contributed by atoms with van der Waals surface area (Å²) < 4.78 is 11.3. The maximum Gasteiger partial charge on any atom is 0.270 e. The molecule has 0 unspecified atom stereocenters. The molecule has 1 aliphatic heterocycles. The van der Waals surface area contributed by atoms with Gasteiger partial charge in [-0.05, 0) is 24.6 Å². The lowest BCUT2D eigenvalue weighted by atomic mass is 10.1. The highest BCUT2D eigenvalue weighted by molar-refractivity contribution is 5.97. The number of anilines is 1. The maximum absolute atomic E-state index is 12.6. The molecule has 1 aromatic heterocycles. The third-order valence-electron chi connectivity index (χ3n) is 4.05. The van der Waals surface area contributed by atoms with Gasteiger partial charge in [0, 0.05) is 11.3 Å². The number of para-hydroxylation sites is 2. The molecule has 2 N–H and O–H groups in total. The molecule has 0 fully saturated rings. The molecule has 0 bridgehead atoms. The minimum atomic E-state index is -0.726. The van der Waals surface area contributed by atoms with E-state index in [0.717, 1.165) is 16.8 Å². The van der Waals surface area contributed by atoms with Crippen LogP contribution >= 0.6 is 0 Å². The molecule has 126 valence electrons. The van der Waals surface area contributed by atoms with Gasteiger partial charge in [-0.15, -0.1) is 0 Å². The van der Waals surface area contributed by atoms with Gasteiger partial charge < -0.3 is 14.8 Å². The predicted octanol–water partition coefficient (Wildman–Crippen LogP) is 3.16. The fourth-order valence-corrected chi connectivity index (χ4v) is 2.82. The second kappa shape index (κ2) is 6.32. The Morgan fingerprint density at radius 3 is 2.64 bits per heavy atom. The van der Waals surface area contributed by atoms with E-state index in [-0.39, 0.29) is 12.5 Å². The molecule has 0 saturated heterocycles. The number of fused-ring (bicyclic) bond motifs is 1. The summed E-state index contributed by atoms with van der Waals surface area (Å²) in [5.74, 6) is 1.40. The summed E-state index contributed by atoms with van der Waals surface area (Å²) >= 11 is 0. The van der Waals surface area contributed by atoms with E-state index in [9.17, 15) is 4.79 Å². The van der Waals surface area contributed by atoms with E-state index in [0.29, 0.717) is 17.3 Å². The van der Waals surface area contributed by atoms with Crippen LogP contribution < -0.4 is 14.8 Å². The Labute approximate surface area is 144 Å². The molecular weight excluding hydrogens is 318 g/mol. The zero-order chi connectivity index (χ0) is 17.2. The lowest BCUT2D eigenvalue weighted by Crippen LogP contribution is -2.40. The molecule has 2 aromatic carbocycles. The van der Waals surface area contributed by atoms with Crippen LogP contribution in [0, 0.1) is 6.92 Å². The molecule has 0 saturated carbocycles. The first-order valence-electron chi connectivity index (χ1n) is 8.02. The van der Waals surface area contributed by atoms with Crippen molar-refractivity contribution in [3.8, 4) is 22.6 Å². The Bertz CT molecular complexity index is 905. The Morgan fingerprint density at radius 2 is 1.84 bits per heavy atom. The number of aryl methyl sites for hydroxylation is 1. The first-order chi connectivity index (χ1) is 12.2. The highest BCUT2D eigenvalue weighted by Crippen LogP contribution is 2.32. The molecule has 25 heavy (non-hydrogen) atoms. The average molecular weight is 335 g/mol. The smallest absolute Gasteiger partial charge is 0.270 e. The number of nitrogens with one attached hydrogen (secondary N) is 2.